The maximum Gasteiger partial charge on any atom is 0.315 e. The van der Waals surface area contributed by atoms with E-state index in [1.807, 2.05) is 65.7 Å². The standard InChI is InChI=1S/C20H31N3O3/c1-13(2)17(22-19(26)21-16(12-24)20(3,4)5)18(25)14-8-10-15(11-9-14)23(6)7/h8-13,16-17H,1-7H3,(H2,21,22,26). The van der Waals surface area contributed by atoms with Crippen LogP contribution in [0.25, 0.3) is 0 Å². The van der Waals surface area contributed by atoms with Gasteiger partial charge in [-0.25, -0.2) is 4.79 Å². The van der Waals surface area contributed by atoms with E-state index in [0.717, 1.165) is 5.69 Å². The monoisotopic (exact) mass is 361 g/mol. The summed E-state index contributed by atoms with van der Waals surface area (Å²) >= 11 is 0. The Balaban J connectivity index is 2.89. The number of nitrogens with zero attached hydrogens (tertiary/aromatic N) is 1. The first-order valence-corrected chi connectivity index (χ1v) is 8.81. The number of urea groups is 1. The van der Waals surface area contributed by atoms with Gasteiger partial charge in [0.15, 0.2) is 5.78 Å². The van der Waals surface area contributed by atoms with Crippen LogP contribution in [0.15, 0.2) is 24.3 Å². The zero-order valence-corrected chi connectivity index (χ0v) is 16.8. The minimum Gasteiger partial charge on any atom is -0.378 e. The van der Waals surface area contributed by atoms with Crippen molar-refractivity contribution in [3.8, 4) is 0 Å². The number of anilines is 1. The summed E-state index contributed by atoms with van der Waals surface area (Å²) in [6, 6.07) is 5.43. The Bertz CT molecular complexity index is 631. The third-order valence-electron chi connectivity index (χ3n) is 4.26. The van der Waals surface area contributed by atoms with Crippen molar-refractivity contribution in [3.05, 3.63) is 29.8 Å². The first-order valence-electron chi connectivity index (χ1n) is 8.81. The average molecular weight is 361 g/mol. The second-order valence-corrected chi connectivity index (χ2v) is 8.12. The van der Waals surface area contributed by atoms with E-state index < -0.39 is 23.5 Å². The van der Waals surface area contributed by atoms with E-state index in [0.29, 0.717) is 11.8 Å². The highest BCUT2D eigenvalue weighted by atomic mass is 16.2. The van der Waals surface area contributed by atoms with Gasteiger partial charge in [0.05, 0.1) is 12.1 Å². The van der Waals surface area contributed by atoms with E-state index in [1.54, 1.807) is 12.1 Å². The largest absolute Gasteiger partial charge is 0.378 e. The number of aldehydes is 1. The molecule has 2 amide bonds. The van der Waals surface area contributed by atoms with Gasteiger partial charge >= 0.3 is 6.03 Å². The van der Waals surface area contributed by atoms with Gasteiger partial charge in [-0.1, -0.05) is 34.6 Å². The minimum absolute atomic E-state index is 0.0916. The quantitative estimate of drug-likeness (QED) is 0.578. The second-order valence-electron chi connectivity index (χ2n) is 8.12. The van der Waals surface area contributed by atoms with Gasteiger partial charge in [-0.3, -0.25) is 4.79 Å². The van der Waals surface area contributed by atoms with Crippen LogP contribution < -0.4 is 15.5 Å². The number of hydrogen-bond donors (Lipinski definition) is 2. The summed E-state index contributed by atoms with van der Waals surface area (Å²) in [5, 5.41) is 5.37. The van der Waals surface area contributed by atoms with E-state index >= 15 is 0 Å². The molecule has 1 aromatic carbocycles. The molecule has 2 unspecified atom stereocenters. The van der Waals surface area contributed by atoms with Crippen molar-refractivity contribution in [3.63, 3.8) is 0 Å². The average Bonchev–Trinajstić information content (AvgIpc) is 2.55. The van der Waals surface area contributed by atoms with Crippen LogP contribution >= 0.6 is 0 Å². The molecule has 0 aromatic heterocycles. The third-order valence-corrected chi connectivity index (χ3v) is 4.26. The summed E-state index contributed by atoms with van der Waals surface area (Å²) in [5.41, 5.74) is 1.13. The highest BCUT2D eigenvalue weighted by Crippen LogP contribution is 2.18. The summed E-state index contributed by atoms with van der Waals surface area (Å²) in [6.07, 6.45) is 0.714. The van der Waals surface area contributed by atoms with Gasteiger partial charge in [0.25, 0.3) is 0 Å². The Morgan fingerprint density at radius 1 is 1.04 bits per heavy atom. The number of nitrogens with one attached hydrogen (secondary N) is 2. The maximum atomic E-state index is 12.8. The van der Waals surface area contributed by atoms with Crippen molar-refractivity contribution in [2.24, 2.45) is 11.3 Å². The fourth-order valence-corrected chi connectivity index (χ4v) is 2.42. The van der Waals surface area contributed by atoms with Crippen LogP contribution in [-0.4, -0.2) is 44.3 Å². The molecule has 0 radical (unpaired) electrons. The Morgan fingerprint density at radius 3 is 1.96 bits per heavy atom. The number of rotatable bonds is 7. The molecular weight excluding hydrogens is 330 g/mol. The molecule has 0 aliphatic heterocycles. The first-order chi connectivity index (χ1) is 12.0. The molecule has 26 heavy (non-hydrogen) atoms. The van der Waals surface area contributed by atoms with E-state index in [9.17, 15) is 14.4 Å². The van der Waals surface area contributed by atoms with Crippen molar-refractivity contribution in [2.45, 2.75) is 46.7 Å². The molecule has 0 heterocycles. The lowest BCUT2D eigenvalue weighted by Gasteiger charge is -2.28. The van der Waals surface area contributed by atoms with Crippen molar-refractivity contribution in [1.82, 2.24) is 10.6 Å². The lowest BCUT2D eigenvalue weighted by atomic mass is 9.88. The predicted molar refractivity (Wildman–Crippen MR) is 105 cm³/mol. The molecule has 1 aromatic rings. The number of hydrogen-bond acceptors (Lipinski definition) is 4. The molecule has 144 valence electrons. The molecule has 1 rings (SSSR count). The summed E-state index contributed by atoms with van der Waals surface area (Å²) < 4.78 is 0. The van der Waals surface area contributed by atoms with Gasteiger partial charge in [0.1, 0.15) is 6.29 Å². The Morgan fingerprint density at radius 2 is 1.58 bits per heavy atom. The van der Waals surface area contributed by atoms with E-state index in [4.69, 9.17) is 0 Å². The molecule has 0 bridgehead atoms. The maximum absolute atomic E-state index is 12.8. The van der Waals surface area contributed by atoms with E-state index in [2.05, 4.69) is 10.6 Å². The van der Waals surface area contributed by atoms with Crippen LogP contribution in [0.3, 0.4) is 0 Å². The fraction of sp³-hybridized carbons (Fsp3) is 0.550. The lowest BCUT2D eigenvalue weighted by Crippen LogP contribution is -2.54. The second kappa shape index (κ2) is 8.83. The van der Waals surface area contributed by atoms with Crippen molar-refractivity contribution in [1.29, 1.82) is 0 Å². The highest BCUT2D eigenvalue weighted by molar-refractivity contribution is 6.02. The van der Waals surface area contributed by atoms with Gasteiger partial charge in [-0.15, -0.1) is 0 Å². The van der Waals surface area contributed by atoms with Crippen molar-refractivity contribution >= 4 is 23.8 Å². The third kappa shape index (κ3) is 5.86. The van der Waals surface area contributed by atoms with Gasteiger partial charge in [0.2, 0.25) is 0 Å². The number of Topliss-reactive ketones (excluding diaryl/α,β-unsaturated/α-hetero) is 1. The Kier molecular flexibility index (Phi) is 7.36. The van der Waals surface area contributed by atoms with Crippen molar-refractivity contribution < 1.29 is 14.4 Å². The predicted octanol–water partition coefficient (Wildman–Crippen LogP) is 2.87. The fourth-order valence-electron chi connectivity index (χ4n) is 2.42. The zero-order valence-electron chi connectivity index (χ0n) is 16.8. The Labute approximate surface area is 156 Å². The molecule has 2 N–H and O–H groups in total. The van der Waals surface area contributed by atoms with E-state index in [1.165, 1.54) is 0 Å². The molecule has 0 saturated carbocycles. The lowest BCUT2D eigenvalue weighted by molar-refractivity contribution is -0.111. The summed E-state index contributed by atoms with van der Waals surface area (Å²) in [4.78, 5) is 38.3. The molecule has 0 saturated heterocycles. The molecule has 0 aliphatic rings. The van der Waals surface area contributed by atoms with Crippen LogP contribution in [0.4, 0.5) is 10.5 Å². The first kappa shape index (κ1) is 21.7. The molecule has 6 nitrogen and oxygen atoms in total. The van der Waals surface area contributed by atoms with Crippen LogP contribution in [0.1, 0.15) is 45.0 Å². The van der Waals surface area contributed by atoms with Gasteiger partial charge < -0.3 is 20.3 Å². The molecule has 6 heteroatoms. The number of ketones is 1. The topological polar surface area (TPSA) is 78.5 Å². The molecule has 0 fully saturated rings. The van der Waals surface area contributed by atoms with Crippen LogP contribution in [0.5, 0.6) is 0 Å². The minimum atomic E-state index is -0.674. The molecule has 0 aliphatic carbocycles. The summed E-state index contributed by atoms with van der Waals surface area (Å²) in [6.45, 7) is 9.34. The van der Waals surface area contributed by atoms with E-state index in [-0.39, 0.29) is 11.7 Å². The normalized spacial score (nSPS) is 13.7. The smallest absolute Gasteiger partial charge is 0.315 e. The van der Waals surface area contributed by atoms with Gasteiger partial charge in [-0.05, 0) is 35.6 Å². The summed E-state index contributed by atoms with van der Waals surface area (Å²) in [5.74, 6) is -0.245. The van der Waals surface area contributed by atoms with Crippen molar-refractivity contribution in [2.75, 3.05) is 19.0 Å². The van der Waals surface area contributed by atoms with Crippen LogP contribution in [0, 0.1) is 11.3 Å². The number of benzene rings is 1. The highest BCUT2D eigenvalue weighted by Gasteiger charge is 2.29. The summed E-state index contributed by atoms with van der Waals surface area (Å²) in [7, 11) is 3.86. The van der Waals surface area contributed by atoms with Gasteiger partial charge in [-0.2, -0.15) is 0 Å². The van der Waals surface area contributed by atoms with Crippen LogP contribution in [0.2, 0.25) is 0 Å². The molecular formula is C20H31N3O3. The molecule has 0 spiro atoms. The number of amides is 2. The molecule has 2 atom stereocenters. The Hall–Kier alpha value is -2.37. The SMILES string of the molecule is CC(C)C(NC(=O)NC(C=O)C(C)(C)C)C(=O)c1ccc(N(C)C)cc1. The van der Waals surface area contributed by atoms with Gasteiger partial charge in [0, 0.05) is 25.3 Å². The zero-order chi connectivity index (χ0) is 20.1. The number of carbonyl (C=O) groups is 3. The number of carbonyl (C=O) groups excluding carboxylic acids is 3. The van der Waals surface area contributed by atoms with Crippen LogP contribution in [-0.2, 0) is 4.79 Å².